The lowest BCUT2D eigenvalue weighted by molar-refractivity contribution is -0.136. The molecule has 0 saturated carbocycles. The Bertz CT molecular complexity index is 1010. The van der Waals surface area contributed by atoms with Crippen LogP contribution in [0.1, 0.15) is 60.8 Å². The largest absolute Gasteiger partial charge is 0.370 e. The van der Waals surface area contributed by atoms with Crippen molar-refractivity contribution in [2.24, 2.45) is 5.73 Å². The molecule has 2 aliphatic rings. The van der Waals surface area contributed by atoms with E-state index in [4.69, 9.17) is 15.7 Å². The molecule has 0 spiro atoms. The molecule has 8 nitrogen and oxygen atoms in total. The molecule has 0 bridgehead atoms. The highest BCUT2D eigenvalue weighted by atomic mass is 16.2. The molecule has 4 rings (SSSR count). The van der Waals surface area contributed by atoms with Gasteiger partial charge in [0.25, 0.3) is 0 Å². The van der Waals surface area contributed by atoms with Crippen LogP contribution in [0.3, 0.4) is 0 Å². The first kappa shape index (κ1) is 21.0. The molecular formula is C23H27N5O3. The van der Waals surface area contributed by atoms with Gasteiger partial charge in [-0.1, -0.05) is 30.3 Å². The molecule has 162 valence electrons. The average Bonchev–Trinajstić information content (AvgIpc) is 3.08. The van der Waals surface area contributed by atoms with E-state index in [2.05, 4.69) is 0 Å². The number of fused-ring (bicyclic) bond motifs is 1. The maximum atomic E-state index is 12.8. The van der Waals surface area contributed by atoms with Crippen molar-refractivity contribution in [3.05, 3.63) is 53.0 Å². The number of carbonyl (C=O) groups excluding carboxylic acids is 3. The molecule has 2 N–H and O–H groups in total. The molecule has 1 unspecified atom stereocenters. The number of aromatic nitrogens is 2. The van der Waals surface area contributed by atoms with Crippen molar-refractivity contribution in [3.63, 3.8) is 0 Å². The topological polar surface area (TPSA) is 109 Å². The second kappa shape index (κ2) is 8.83. The molecule has 1 aromatic carbocycles. The minimum Gasteiger partial charge on any atom is -0.370 e. The summed E-state index contributed by atoms with van der Waals surface area (Å²) in [6, 6.07) is 9.56. The van der Waals surface area contributed by atoms with E-state index in [0.29, 0.717) is 31.2 Å². The van der Waals surface area contributed by atoms with Gasteiger partial charge in [-0.15, -0.1) is 0 Å². The zero-order chi connectivity index (χ0) is 22.0. The van der Waals surface area contributed by atoms with Crippen molar-refractivity contribution in [1.29, 1.82) is 0 Å². The van der Waals surface area contributed by atoms with Gasteiger partial charge in [0.15, 0.2) is 5.82 Å². The van der Waals surface area contributed by atoms with Crippen molar-refractivity contribution in [1.82, 2.24) is 14.9 Å². The molecular weight excluding hydrogens is 394 g/mol. The van der Waals surface area contributed by atoms with Gasteiger partial charge in [0.05, 0.1) is 19.0 Å². The second-order valence-corrected chi connectivity index (χ2v) is 8.18. The first-order valence-corrected chi connectivity index (χ1v) is 10.7. The predicted octanol–water partition coefficient (Wildman–Crippen LogP) is 2.19. The normalized spacial score (nSPS) is 18.2. The number of anilines is 1. The molecule has 2 aromatic rings. The summed E-state index contributed by atoms with van der Waals surface area (Å²) in [5.74, 6) is 0.623. The summed E-state index contributed by atoms with van der Waals surface area (Å²) in [7, 11) is 0. The molecule has 1 fully saturated rings. The smallest absolute Gasteiger partial charge is 0.233 e. The molecule has 31 heavy (non-hydrogen) atoms. The van der Waals surface area contributed by atoms with Crippen molar-refractivity contribution in [2.75, 3.05) is 11.4 Å². The SMILES string of the molecule is Cc1nc(C2CCCCN2C(=O)CCC(N)=O)nc2c1CC(=O)N2Cc1ccccc1. The molecule has 3 heterocycles. The lowest BCUT2D eigenvalue weighted by Gasteiger charge is -2.35. The second-order valence-electron chi connectivity index (χ2n) is 8.18. The van der Waals surface area contributed by atoms with Crippen LogP contribution < -0.4 is 10.6 Å². The number of piperidine rings is 1. The minimum atomic E-state index is -0.485. The molecule has 1 atom stereocenters. The molecule has 3 amide bonds. The van der Waals surface area contributed by atoms with Gasteiger partial charge in [-0.3, -0.25) is 19.3 Å². The van der Waals surface area contributed by atoms with Crippen molar-refractivity contribution in [3.8, 4) is 0 Å². The van der Waals surface area contributed by atoms with E-state index in [1.54, 1.807) is 9.80 Å². The monoisotopic (exact) mass is 421 g/mol. The number of aryl methyl sites for hydroxylation is 1. The molecule has 1 aromatic heterocycles. The van der Waals surface area contributed by atoms with Crippen LogP contribution in [0.5, 0.6) is 0 Å². The first-order valence-electron chi connectivity index (χ1n) is 10.7. The van der Waals surface area contributed by atoms with E-state index in [1.165, 1.54) is 0 Å². The van der Waals surface area contributed by atoms with E-state index in [9.17, 15) is 14.4 Å². The predicted molar refractivity (Wildman–Crippen MR) is 115 cm³/mol. The Kier molecular flexibility index (Phi) is 5.97. The van der Waals surface area contributed by atoms with Gasteiger partial charge >= 0.3 is 0 Å². The van der Waals surface area contributed by atoms with Crippen LogP contribution in [0.25, 0.3) is 0 Å². The number of nitrogens with zero attached hydrogens (tertiary/aromatic N) is 4. The number of hydrogen-bond donors (Lipinski definition) is 1. The van der Waals surface area contributed by atoms with Crippen LogP contribution in [0.15, 0.2) is 30.3 Å². The number of carbonyl (C=O) groups is 3. The summed E-state index contributed by atoms with van der Waals surface area (Å²) in [5, 5.41) is 0. The van der Waals surface area contributed by atoms with Crippen molar-refractivity contribution < 1.29 is 14.4 Å². The van der Waals surface area contributed by atoms with Crippen molar-refractivity contribution >= 4 is 23.5 Å². The van der Waals surface area contributed by atoms with E-state index >= 15 is 0 Å². The number of rotatable bonds is 6. The molecule has 0 radical (unpaired) electrons. The third kappa shape index (κ3) is 4.42. The first-order chi connectivity index (χ1) is 14.9. The van der Waals surface area contributed by atoms with Gasteiger partial charge < -0.3 is 10.6 Å². The Morgan fingerprint density at radius 3 is 2.65 bits per heavy atom. The third-order valence-corrected chi connectivity index (χ3v) is 5.98. The Morgan fingerprint density at radius 1 is 1.13 bits per heavy atom. The highest BCUT2D eigenvalue weighted by molar-refractivity contribution is 6.00. The third-order valence-electron chi connectivity index (χ3n) is 5.98. The van der Waals surface area contributed by atoms with Gasteiger partial charge in [0.2, 0.25) is 17.7 Å². The van der Waals surface area contributed by atoms with Gasteiger partial charge in [0.1, 0.15) is 5.82 Å². The average molecular weight is 422 g/mol. The maximum Gasteiger partial charge on any atom is 0.233 e. The standard InChI is InChI=1S/C23H27N5O3/c1-15-17-13-21(31)28(14-16-7-3-2-4-8-16)23(17)26-22(25-15)18-9-5-6-12-27(18)20(30)11-10-19(24)29/h2-4,7-8,18H,5-6,9-14H2,1H3,(H2,24,29). The summed E-state index contributed by atoms with van der Waals surface area (Å²) in [6.45, 7) is 2.95. The summed E-state index contributed by atoms with van der Waals surface area (Å²) in [6.07, 6.45) is 3.05. The van der Waals surface area contributed by atoms with Gasteiger partial charge in [-0.25, -0.2) is 9.97 Å². The van der Waals surface area contributed by atoms with Crippen LogP contribution in [-0.2, 0) is 27.3 Å². The highest BCUT2D eigenvalue weighted by Crippen LogP contribution is 2.35. The molecule has 2 aliphatic heterocycles. The fourth-order valence-corrected chi connectivity index (χ4v) is 4.35. The van der Waals surface area contributed by atoms with Crippen LogP contribution in [0.4, 0.5) is 5.82 Å². The fourth-order valence-electron chi connectivity index (χ4n) is 4.35. The van der Waals surface area contributed by atoms with Crippen LogP contribution in [-0.4, -0.2) is 39.1 Å². The van der Waals surface area contributed by atoms with Crippen molar-refractivity contribution in [2.45, 2.75) is 58.0 Å². The summed E-state index contributed by atoms with van der Waals surface area (Å²) in [4.78, 5) is 49.6. The lowest BCUT2D eigenvalue weighted by atomic mass is 10.00. The lowest BCUT2D eigenvalue weighted by Crippen LogP contribution is -2.39. The van der Waals surface area contributed by atoms with E-state index in [-0.39, 0.29) is 30.7 Å². The number of likely N-dealkylation sites (tertiary alicyclic amines) is 1. The zero-order valence-electron chi connectivity index (χ0n) is 17.7. The number of benzene rings is 1. The summed E-state index contributed by atoms with van der Waals surface area (Å²) < 4.78 is 0. The molecule has 1 saturated heterocycles. The van der Waals surface area contributed by atoms with Gasteiger partial charge in [-0.05, 0) is 31.7 Å². The Labute approximate surface area is 181 Å². The maximum absolute atomic E-state index is 12.8. The number of nitrogens with two attached hydrogens (primary N) is 1. The number of hydrogen-bond acceptors (Lipinski definition) is 5. The Hall–Kier alpha value is -3.29. The molecule has 0 aliphatic carbocycles. The van der Waals surface area contributed by atoms with E-state index < -0.39 is 5.91 Å². The zero-order valence-corrected chi connectivity index (χ0v) is 17.7. The highest BCUT2D eigenvalue weighted by Gasteiger charge is 2.35. The van der Waals surface area contributed by atoms with E-state index in [0.717, 1.165) is 36.1 Å². The Morgan fingerprint density at radius 2 is 1.90 bits per heavy atom. The van der Waals surface area contributed by atoms with E-state index in [1.807, 2.05) is 37.3 Å². The minimum absolute atomic E-state index is 0.00596. The van der Waals surface area contributed by atoms with Crippen LogP contribution in [0, 0.1) is 6.92 Å². The van der Waals surface area contributed by atoms with Gasteiger partial charge in [-0.2, -0.15) is 0 Å². The van der Waals surface area contributed by atoms with Gasteiger partial charge in [0, 0.05) is 30.6 Å². The summed E-state index contributed by atoms with van der Waals surface area (Å²) in [5.41, 5.74) is 7.88. The fraction of sp³-hybridized carbons (Fsp3) is 0.435. The molecule has 8 heteroatoms. The summed E-state index contributed by atoms with van der Waals surface area (Å²) >= 11 is 0. The van der Waals surface area contributed by atoms with Crippen LogP contribution in [0.2, 0.25) is 0 Å². The van der Waals surface area contributed by atoms with Crippen LogP contribution >= 0.6 is 0 Å². The Balaban J connectivity index is 1.63. The quantitative estimate of drug-likeness (QED) is 0.769. The number of primary amides is 1. The number of amides is 3.